The number of unbranched alkanes of at least 4 members (excludes halogenated alkanes) is 44. The Hall–Kier alpha value is -1.25. The fourth-order valence-corrected chi connectivity index (χ4v) is 10.3. The van der Waals surface area contributed by atoms with E-state index in [0.717, 1.165) is 32.1 Å². The van der Waals surface area contributed by atoms with E-state index in [2.05, 4.69) is 26.0 Å². The molecule has 0 saturated carbocycles. The van der Waals surface area contributed by atoms with Crippen molar-refractivity contribution in [1.29, 1.82) is 0 Å². The van der Waals surface area contributed by atoms with Crippen LogP contribution in [0.4, 0.5) is 0 Å². The van der Waals surface area contributed by atoms with Gasteiger partial charge >= 0.3 is 11.9 Å². The zero-order valence-corrected chi connectivity index (χ0v) is 50.3. The molecular formula is C63H124NO8P. The van der Waals surface area contributed by atoms with Crippen LogP contribution in [0.1, 0.15) is 328 Å². The second-order valence-electron chi connectivity index (χ2n) is 23.1. The van der Waals surface area contributed by atoms with Gasteiger partial charge in [-0.1, -0.05) is 289 Å². The van der Waals surface area contributed by atoms with Crippen LogP contribution in [0.2, 0.25) is 0 Å². The Labute approximate surface area is 454 Å². The molecule has 0 heterocycles. The Kier molecular flexibility index (Phi) is 54.6. The number of ether oxygens (including phenoxy) is 2. The van der Waals surface area contributed by atoms with Gasteiger partial charge in [0.1, 0.15) is 19.8 Å². The minimum atomic E-state index is -4.63. The summed E-state index contributed by atoms with van der Waals surface area (Å²) in [7, 11) is 1.19. The van der Waals surface area contributed by atoms with Crippen LogP contribution in [0.25, 0.3) is 0 Å². The number of nitrogens with zero attached hydrogens (tertiary/aromatic N) is 1. The van der Waals surface area contributed by atoms with Crippen molar-refractivity contribution in [2.24, 2.45) is 0 Å². The van der Waals surface area contributed by atoms with Crippen LogP contribution in [0.15, 0.2) is 12.2 Å². The van der Waals surface area contributed by atoms with Crippen molar-refractivity contribution < 1.29 is 42.1 Å². The number of phosphoric ester groups is 1. The number of rotatable bonds is 60. The molecule has 0 aliphatic rings. The molecule has 2 unspecified atom stereocenters. The van der Waals surface area contributed by atoms with Crippen molar-refractivity contribution in [2.45, 2.75) is 335 Å². The molecule has 0 fully saturated rings. The van der Waals surface area contributed by atoms with Gasteiger partial charge in [-0.3, -0.25) is 14.2 Å². The first-order valence-electron chi connectivity index (χ1n) is 31.9. The van der Waals surface area contributed by atoms with Crippen LogP contribution in [0, 0.1) is 0 Å². The molecule has 0 rings (SSSR count). The van der Waals surface area contributed by atoms with Crippen LogP contribution < -0.4 is 4.89 Å². The molecule has 434 valence electrons. The van der Waals surface area contributed by atoms with Crippen molar-refractivity contribution in [3.63, 3.8) is 0 Å². The van der Waals surface area contributed by atoms with Crippen LogP contribution in [0.5, 0.6) is 0 Å². The predicted molar refractivity (Wildman–Crippen MR) is 310 cm³/mol. The highest BCUT2D eigenvalue weighted by Gasteiger charge is 2.22. The van der Waals surface area contributed by atoms with Crippen LogP contribution in [-0.2, 0) is 32.7 Å². The maximum atomic E-state index is 12.8. The Morgan fingerprint density at radius 1 is 0.411 bits per heavy atom. The summed E-state index contributed by atoms with van der Waals surface area (Å²) in [5.41, 5.74) is 0. The highest BCUT2D eigenvalue weighted by atomic mass is 31.2. The quantitative estimate of drug-likeness (QED) is 0.0195. The minimum absolute atomic E-state index is 0.0260. The summed E-state index contributed by atoms with van der Waals surface area (Å²) in [5, 5.41) is 0. The first-order valence-corrected chi connectivity index (χ1v) is 33.4. The molecule has 0 amide bonds. The predicted octanol–water partition coefficient (Wildman–Crippen LogP) is 19.4. The van der Waals surface area contributed by atoms with Crippen molar-refractivity contribution in [3.05, 3.63) is 12.2 Å². The molecule has 0 bridgehead atoms. The summed E-state index contributed by atoms with van der Waals surface area (Å²) in [6, 6.07) is 0. The second kappa shape index (κ2) is 55.5. The number of esters is 2. The number of hydrogen-bond donors (Lipinski definition) is 0. The van der Waals surface area contributed by atoms with Gasteiger partial charge in [-0.25, -0.2) is 0 Å². The largest absolute Gasteiger partial charge is 0.756 e. The van der Waals surface area contributed by atoms with Gasteiger partial charge in [-0.05, 0) is 38.5 Å². The van der Waals surface area contributed by atoms with Gasteiger partial charge in [0.2, 0.25) is 0 Å². The molecule has 73 heavy (non-hydrogen) atoms. The minimum Gasteiger partial charge on any atom is -0.756 e. The summed E-state index contributed by atoms with van der Waals surface area (Å²) >= 11 is 0. The smallest absolute Gasteiger partial charge is 0.306 e. The summed E-state index contributed by atoms with van der Waals surface area (Å²) in [6.45, 7) is 4.30. The molecule has 2 atom stereocenters. The van der Waals surface area contributed by atoms with E-state index in [1.807, 2.05) is 21.1 Å². The number of carbonyl (C=O) groups is 2. The van der Waals surface area contributed by atoms with Crippen LogP contribution >= 0.6 is 7.82 Å². The van der Waals surface area contributed by atoms with E-state index >= 15 is 0 Å². The molecule has 0 aromatic rings. The summed E-state index contributed by atoms with van der Waals surface area (Å²) in [5.74, 6) is -0.811. The van der Waals surface area contributed by atoms with Crippen LogP contribution in [0.3, 0.4) is 0 Å². The standard InChI is InChI=1S/C63H124NO8P/c1-6-8-10-12-14-16-18-20-22-24-25-26-27-28-29-30-31-32-33-34-35-36-37-38-39-40-42-44-46-48-50-52-54-56-63(66)72-61(60-71-73(67,68)70-58-57-64(3,4)5)59-69-62(65)55-53-51-49-47-45-43-41-23-21-19-17-15-13-11-9-7-2/h24-25,61H,6-23,26-60H2,1-5H3/b25-24-. The van der Waals surface area contributed by atoms with Crippen molar-refractivity contribution in [2.75, 3.05) is 47.5 Å². The van der Waals surface area contributed by atoms with E-state index in [9.17, 15) is 19.0 Å². The van der Waals surface area contributed by atoms with E-state index in [4.69, 9.17) is 18.5 Å². The Morgan fingerprint density at radius 3 is 1.01 bits per heavy atom. The third-order valence-electron chi connectivity index (χ3n) is 14.5. The van der Waals surface area contributed by atoms with Gasteiger partial charge in [-0.2, -0.15) is 0 Å². The molecule has 10 heteroatoms. The molecule has 0 saturated heterocycles. The molecule has 9 nitrogen and oxygen atoms in total. The SMILES string of the molecule is CCCCCCCCCC/C=C\CCCCCCCCCCCCCCCCCCCCCCCC(=O)OC(COC(=O)CCCCCCCCCCCCCCCCCC)COP(=O)([O-])OCC[N+](C)(C)C. The fraction of sp³-hybridized carbons (Fsp3) is 0.937. The van der Waals surface area contributed by atoms with E-state index in [-0.39, 0.29) is 32.0 Å². The van der Waals surface area contributed by atoms with Crippen molar-refractivity contribution in [3.8, 4) is 0 Å². The Bertz CT molecular complexity index is 1240. The van der Waals surface area contributed by atoms with E-state index in [1.54, 1.807) is 0 Å². The Balaban J connectivity index is 3.96. The lowest BCUT2D eigenvalue weighted by Crippen LogP contribution is -2.37. The lowest BCUT2D eigenvalue weighted by atomic mass is 10.0. The first-order chi connectivity index (χ1) is 35.5. The van der Waals surface area contributed by atoms with Crippen molar-refractivity contribution >= 4 is 19.8 Å². The van der Waals surface area contributed by atoms with Crippen molar-refractivity contribution in [1.82, 2.24) is 0 Å². The number of allylic oxidation sites excluding steroid dienone is 2. The van der Waals surface area contributed by atoms with E-state index < -0.39 is 26.5 Å². The summed E-state index contributed by atoms with van der Waals surface area (Å²) < 4.78 is 34.2. The Morgan fingerprint density at radius 2 is 0.699 bits per heavy atom. The highest BCUT2D eigenvalue weighted by Crippen LogP contribution is 2.38. The summed E-state index contributed by atoms with van der Waals surface area (Å²) in [6.07, 6.45) is 65.7. The van der Waals surface area contributed by atoms with Gasteiger partial charge in [0.15, 0.2) is 6.10 Å². The fourth-order valence-electron chi connectivity index (χ4n) is 9.60. The maximum Gasteiger partial charge on any atom is 0.306 e. The molecule has 0 N–H and O–H groups in total. The van der Waals surface area contributed by atoms with Crippen LogP contribution in [-0.4, -0.2) is 70.0 Å². The second-order valence-corrected chi connectivity index (χ2v) is 24.5. The maximum absolute atomic E-state index is 12.8. The van der Waals surface area contributed by atoms with Gasteiger partial charge in [0.25, 0.3) is 7.82 Å². The molecule has 0 aliphatic carbocycles. The average molecular weight is 1050 g/mol. The molecule has 0 aliphatic heterocycles. The average Bonchev–Trinajstić information content (AvgIpc) is 3.35. The number of likely N-dealkylation sites (N-methyl/N-ethyl adjacent to an activating group) is 1. The lowest BCUT2D eigenvalue weighted by molar-refractivity contribution is -0.870. The molecule has 0 aromatic heterocycles. The normalized spacial score (nSPS) is 13.2. The third kappa shape index (κ3) is 59.8. The molecular weight excluding hydrogens is 930 g/mol. The van der Waals surface area contributed by atoms with Gasteiger partial charge in [-0.15, -0.1) is 0 Å². The molecule has 0 spiro atoms. The zero-order chi connectivity index (χ0) is 53.5. The highest BCUT2D eigenvalue weighted by molar-refractivity contribution is 7.45. The number of hydrogen-bond acceptors (Lipinski definition) is 8. The van der Waals surface area contributed by atoms with Gasteiger partial charge in [0.05, 0.1) is 27.7 Å². The number of carbonyl (C=O) groups excluding carboxylic acids is 2. The number of quaternary nitrogens is 1. The molecule has 0 aromatic carbocycles. The molecule has 0 radical (unpaired) electrons. The monoisotopic (exact) mass is 1050 g/mol. The van der Waals surface area contributed by atoms with Gasteiger partial charge < -0.3 is 27.9 Å². The lowest BCUT2D eigenvalue weighted by Gasteiger charge is -2.28. The van der Waals surface area contributed by atoms with E-state index in [0.29, 0.717) is 17.4 Å². The third-order valence-corrected chi connectivity index (χ3v) is 15.5. The van der Waals surface area contributed by atoms with E-state index in [1.165, 1.54) is 263 Å². The topological polar surface area (TPSA) is 111 Å². The van der Waals surface area contributed by atoms with Gasteiger partial charge in [0, 0.05) is 12.8 Å². The number of phosphoric acid groups is 1. The first kappa shape index (κ1) is 71.8. The summed E-state index contributed by atoms with van der Waals surface area (Å²) in [4.78, 5) is 37.9. The zero-order valence-electron chi connectivity index (χ0n) is 49.4.